The van der Waals surface area contributed by atoms with Crippen molar-refractivity contribution in [1.82, 2.24) is 0 Å². The highest BCUT2D eigenvalue weighted by Gasteiger charge is 2.69. The molecule has 3 rings (SSSR count). The SMILES string of the molecule is C=C1CO[C@H](C)C12CC1C(O)C(O)CC(C)C1(C)C2O. The van der Waals surface area contributed by atoms with Gasteiger partial charge in [-0.05, 0) is 37.2 Å². The molecule has 20 heavy (non-hydrogen) atoms. The Bertz CT molecular complexity index is 436. The minimum absolute atomic E-state index is 0.0935. The van der Waals surface area contributed by atoms with Crippen molar-refractivity contribution in [2.45, 2.75) is 58.0 Å². The van der Waals surface area contributed by atoms with Crippen LogP contribution in [0.3, 0.4) is 0 Å². The molecule has 1 spiro atoms. The standard InChI is InChI=1S/C16H26O4/c1-8-5-12(17)13(18)11-6-16(14(19)15(8,11)4)9(2)7-20-10(16)3/h8,10-14,17-19H,2,5-7H2,1,3-4H3/t8?,10-,11?,12?,13?,14?,15?,16?/m1/s1. The predicted octanol–water partition coefficient (Wildman–Crippen LogP) is 1.10. The summed E-state index contributed by atoms with van der Waals surface area (Å²) in [6.45, 7) is 10.7. The zero-order valence-corrected chi connectivity index (χ0v) is 12.5. The molecule has 0 bridgehead atoms. The molecule has 0 radical (unpaired) electrons. The second-order valence-corrected chi connectivity index (χ2v) is 7.37. The molecule has 1 saturated heterocycles. The Morgan fingerprint density at radius 3 is 2.45 bits per heavy atom. The lowest BCUT2D eigenvalue weighted by atomic mass is 9.59. The Kier molecular flexibility index (Phi) is 3.11. The van der Waals surface area contributed by atoms with Gasteiger partial charge in [0.2, 0.25) is 0 Å². The molecule has 2 aliphatic carbocycles. The fraction of sp³-hybridized carbons (Fsp3) is 0.875. The maximum Gasteiger partial charge on any atom is 0.0833 e. The summed E-state index contributed by atoms with van der Waals surface area (Å²) in [4.78, 5) is 0. The molecule has 4 nitrogen and oxygen atoms in total. The largest absolute Gasteiger partial charge is 0.392 e. The molecular formula is C16H26O4. The first-order chi connectivity index (χ1) is 9.26. The lowest BCUT2D eigenvalue weighted by molar-refractivity contribution is -0.143. The summed E-state index contributed by atoms with van der Waals surface area (Å²) in [5.41, 5.74) is 0.0597. The monoisotopic (exact) mass is 282 g/mol. The van der Waals surface area contributed by atoms with Crippen LogP contribution in [0.1, 0.15) is 33.6 Å². The zero-order chi connectivity index (χ0) is 14.9. The summed E-state index contributed by atoms with van der Waals surface area (Å²) in [7, 11) is 0. The molecule has 0 aromatic carbocycles. The maximum atomic E-state index is 11.1. The van der Waals surface area contributed by atoms with E-state index in [4.69, 9.17) is 4.74 Å². The minimum atomic E-state index is -0.772. The Morgan fingerprint density at radius 2 is 1.90 bits per heavy atom. The third-order valence-electron chi connectivity index (χ3n) is 6.79. The number of rotatable bonds is 0. The van der Waals surface area contributed by atoms with Crippen molar-refractivity contribution in [3.05, 3.63) is 12.2 Å². The summed E-state index contributed by atoms with van der Waals surface area (Å²) in [5.74, 6) is 0.0398. The molecule has 3 N–H and O–H groups in total. The predicted molar refractivity (Wildman–Crippen MR) is 75.0 cm³/mol. The van der Waals surface area contributed by atoms with Crippen molar-refractivity contribution in [3.8, 4) is 0 Å². The van der Waals surface area contributed by atoms with Gasteiger partial charge in [-0.25, -0.2) is 0 Å². The fourth-order valence-corrected chi connectivity index (χ4v) is 5.12. The topological polar surface area (TPSA) is 69.9 Å². The summed E-state index contributed by atoms with van der Waals surface area (Å²) in [5, 5.41) is 31.6. The first kappa shape index (κ1) is 14.5. The van der Waals surface area contributed by atoms with Gasteiger partial charge >= 0.3 is 0 Å². The van der Waals surface area contributed by atoms with Crippen molar-refractivity contribution in [3.63, 3.8) is 0 Å². The van der Waals surface area contributed by atoms with E-state index >= 15 is 0 Å². The number of ether oxygens (including phenoxy) is 1. The summed E-state index contributed by atoms with van der Waals surface area (Å²) < 4.78 is 5.72. The second kappa shape index (κ2) is 4.29. The first-order valence-electron chi connectivity index (χ1n) is 7.60. The van der Waals surface area contributed by atoms with Crippen LogP contribution in [0.4, 0.5) is 0 Å². The molecule has 8 atom stereocenters. The van der Waals surface area contributed by atoms with Gasteiger partial charge in [0.05, 0.1) is 31.0 Å². The Morgan fingerprint density at radius 1 is 1.25 bits per heavy atom. The van der Waals surface area contributed by atoms with E-state index in [0.717, 1.165) is 5.57 Å². The molecule has 4 heteroatoms. The van der Waals surface area contributed by atoms with Gasteiger partial charge in [0.15, 0.2) is 0 Å². The van der Waals surface area contributed by atoms with E-state index in [9.17, 15) is 15.3 Å². The van der Waals surface area contributed by atoms with Crippen LogP contribution in [0.5, 0.6) is 0 Å². The number of aliphatic hydroxyl groups excluding tert-OH is 3. The van der Waals surface area contributed by atoms with Gasteiger partial charge in [-0.2, -0.15) is 0 Å². The molecule has 3 aliphatic rings. The van der Waals surface area contributed by atoms with Crippen LogP contribution in [0.2, 0.25) is 0 Å². The quantitative estimate of drug-likeness (QED) is 0.582. The van der Waals surface area contributed by atoms with Crippen LogP contribution in [0, 0.1) is 22.7 Å². The Labute approximate surface area is 120 Å². The maximum absolute atomic E-state index is 11.1. The molecule has 0 aromatic rings. The highest BCUT2D eigenvalue weighted by molar-refractivity contribution is 5.29. The molecule has 1 heterocycles. The van der Waals surface area contributed by atoms with Gasteiger partial charge < -0.3 is 20.1 Å². The van der Waals surface area contributed by atoms with Gasteiger partial charge in [-0.1, -0.05) is 20.4 Å². The smallest absolute Gasteiger partial charge is 0.0833 e. The van der Waals surface area contributed by atoms with Crippen molar-refractivity contribution in [2.75, 3.05) is 6.61 Å². The van der Waals surface area contributed by atoms with Gasteiger partial charge in [0.25, 0.3) is 0 Å². The van der Waals surface area contributed by atoms with E-state index in [1.165, 1.54) is 0 Å². The lowest BCUT2D eigenvalue weighted by Crippen LogP contribution is -2.54. The Balaban J connectivity index is 2.07. The average molecular weight is 282 g/mol. The zero-order valence-electron chi connectivity index (χ0n) is 12.5. The first-order valence-corrected chi connectivity index (χ1v) is 7.60. The van der Waals surface area contributed by atoms with Crippen molar-refractivity contribution in [2.24, 2.45) is 22.7 Å². The number of hydrogen-bond acceptors (Lipinski definition) is 4. The highest BCUT2D eigenvalue weighted by Crippen LogP contribution is 2.65. The van der Waals surface area contributed by atoms with Crippen LogP contribution in [-0.4, -0.2) is 46.3 Å². The van der Waals surface area contributed by atoms with Gasteiger partial charge in [0, 0.05) is 10.8 Å². The number of hydrogen-bond donors (Lipinski definition) is 3. The van der Waals surface area contributed by atoms with E-state index < -0.39 is 29.1 Å². The number of aliphatic hydroxyl groups is 3. The van der Waals surface area contributed by atoms with Crippen LogP contribution < -0.4 is 0 Å². The Hall–Kier alpha value is -0.420. The van der Waals surface area contributed by atoms with Crippen LogP contribution in [0.15, 0.2) is 12.2 Å². The van der Waals surface area contributed by atoms with Crippen molar-refractivity contribution in [1.29, 1.82) is 0 Å². The molecule has 1 aliphatic heterocycles. The van der Waals surface area contributed by atoms with E-state index in [-0.39, 0.29) is 17.9 Å². The molecule has 0 aromatic heterocycles. The molecule has 3 fully saturated rings. The van der Waals surface area contributed by atoms with Crippen molar-refractivity contribution >= 4 is 0 Å². The average Bonchev–Trinajstić information content (AvgIpc) is 2.82. The van der Waals surface area contributed by atoms with Crippen LogP contribution in [0.25, 0.3) is 0 Å². The molecule has 2 saturated carbocycles. The van der Waals surface area contributed by atoms with E-state index in [1.807, 2.05) is 6.92 Å². The lowest BCUT2D eigenvalue weighted by Gasteiger charge is -2.49. The van der Waals surface area contributed by atoms with Gasteiger partial charge in [-0.15, -0.1) is 0 Å². The summed E-state index contributed by atoms with van der Waals surface area (Å²) in [6, 6.07) is 0. The van der Waals surface area contributed by atoms with Gasteiger partial charge in [0.1, 0.15) is 0 Å². The molecule has 7 unspecified atom stereocenters. The van der Waals surface area contributed by atoms with E-state index in [1.54, 1.807) is 0 Å². The molecule has 114 valence electrons. The highest BCUT2D eigenvalue weighted by atomic mass is 16.5. The fourth-order valence-electron chi connectivity index (χ4n) is 5.12. The summed E-state index contributed by atoms with van der Waals surface area (Å²) >= 11 is 0. The second-order valence-electron chi connectivity index (χ2n) is 7.37. The molecular weight excluding hydrogens is 256 g/mol. The van der Waals surface area contributed by atoms with Crippen molar-refractivity contribution < 1.29 is 20.1 Å². The van der Waals surface area contributed by atoms with Crippen LogP contribution >= 0.6 is 0 Å². The normalized spacial score (nSPS) is 59.2. The summed E-state index contributed by atoms with van der Waals surface area (Å²) in [6.07, 6.45) is -0.968. The third-order valence-corrected chi connectivity index (χ3v) is 6.79. The van der Waals surface area contributed by atoms with Gasteiger partial charge in [-0.3, -0.25) is 0 Å². The minimum Gasteiger partial charge on any atom is -0.392 e. The third kappa shape index (κ3) is 1.46. The van der Waals surface area contributed by atoms with E-state index in [0.29, 0.717) is 19.4 Å². The van der Waals surface area contributed by atoms with E-state index in [2.05, 4.69) is 20.4 Å². The molecule has 0 amide bonds. The number of fused-ring (bicyclic) bond motifs is 1. The van der Waals surface area contributed by atoms with Crippen LogP contribution in [-0.2, 0) is 4.74 Å².